The van der Waals surface area contributed by atoms with E-state index in [0.29, 0.717) is 25.1 Å². The van der Waals surface area contributed by atoms with Crippen molar-refractivity contribution in [3.63, 3.8) is 0 Å². The van der Waals surface area contributed by atoms with E-state index < -0.39 is 15.8 Å². The molecule has 1 atom stereocenters. The second-order valence-electron chi connectivity index (χ2n) is 4.41. The summed E-state index contributed by atoms with van der Waals surface area (Å²) >= 11 is 5.62. The molecule has 1 aliphatic heterocycles. The van der Waals surface area contributed by atoms with Crippen molar-refractivity contribution in [1.29, 1.82) is 0 Å². The number of rotatable bonds is 3. The van der Waals surface area contributed by atoms with Crippen LogP contribution in [0.15, 0.2) is 18.2 Å². The van der Waals surface area contributed by atoms with Gasteiger partial charge in [0.2, 0.25) is 10.0 Å². The monoisotopic (exact) mass is 292 g/mol. The molecular weight excluding hydrogens is 279 g/mol. The van der Waals surface area contributed by atoms with Gasteiger partial charge in [-0.1, -0.05) is 17.7 Å². The van der Waals surface area contributed by atoms with Gasteiger partial charge < -0.3 is 5.73 Å². The van der Waals surface area contributed by atoms with Crippen molar-refractivity contribution in [2.45, 2.75) is 18.2 Å². The number of sulfonamides is 1. The Bertz CT molecular complexity index is 550. The molecule has 1 fully saturated rings. The third kappa shape index (κ3) is 3.00. The molecule has 1 heterocycles. The molecule has 0 bridgehead atoms. The average molecular weight is 293 g/mol. The van der Waals surface area contributed by atoms with E-state index in [4.69, 9.17) is 17.3 Å². The Labute approximate surface area is 111 Å². The van der Waals surface area contributed by atoms with Gasteiger partial charge in [0, 0.05) is 19.1 Å². The van der Waals surface area contributed by atoms with Crippen molar-refractivity contribution in [2.24, 2.45) is 5.73 Å². The van der Waals surface area contributed by atoms with Crippen LogP contribution in [0.1, 0.15) is 12.0 Å². The standard InChI is InChI=1S/C11H14ClFN2O2S/c12-10-5-8(1-2-11(10)13)7-18(16,17)15-4-3-9(14)6-15/h1-2,5,9H,3-4,6-7,14H2. The molecule has 0 spiro atoms. The summed E-state index contributed by atoms with van der Waals surface area (Å²) in [5.74, 6) is -0.735. The quantitative estimate of drug-likeness (QED) is 0.914. The zero-order chi connectivity index (χ0) is 13.3. The molecule has 1 unspecified atom stereocenters. The summed E-state index contributed by atoms with van der Waals surface area (Å²) in [6.07, 6.45) is 0.670. The number of halogens is 2. The van der Waals surface area contributed by atoms with Crippen LogP contribution in [0, 0.1) is 5.82 Å². The van der Waals surface area contributed by atoms with Crippen molar-refractivity contribution in [1.82, 2.24) is 4.31 Å². The molecule has 1 aromatic rings. The Balaban J connectivity index is 2.15. The van der Waals surface area contributed by atoms with Gasteiger partial charge in [0.15, 0.2) is 0 Å². The normalized spacial score (nSPS) is 21.4. The Kier molecular flexibility index (Phi) is 3.91. The van der Waals surface area contributed by atoms with Crippen molar-refractivity contribution < 1.29 is 12.8 Å². The molecular formula is C11H14ClFN2O2S. The summed E-state index contributed by atoms with van der Waals surface area (Å²) in [5, 5.41) is -0.0687. The number of nitrogens with zero attached hydrogens (tertiary/aromatic N) is 1. The summed E-state index contributed by atoms with van der Waals surface area (Å²) in [5.41, 5.74) is 6.16. The van der Waals surface area contributed by atoms with E-state index in [2.05, 4.69) is 0 Å². The first-order valence-electron chi connectivity index (χ1n) is 5.56. The molecule has 2 N–H and O–H groups in total. The highest BCUT2D eigenvalue weighted by molar-refractivity contribution is 7.88. The summed E-state index contributed by atoms with van der Waals surface area (Å²) in [7, 11) is -3.40. The average Bonchev–Trinajstić information content (AvgIpc) is 2.71. The third-order valence-corrected chi connectivity index (χ3v) is 5.02. The smallest absolute Gasteiger partial charge is 0.218 e. The Morgan fingerprint density at radius 3 is 2.78 bits per heavy atom. The molecule has 1 aliphatic rings. The number of hydrogen-bond acceptors (Lipinski definition) is 3. The molecule has 1 aromatic carbocycles. The Morgan fingerprint density at radius 2 is 2.22 bits per heavy atom. The van der Waals surface area contributed by atoms with Crippen molar-refractivity contribution in [3.8, 4) is 0 Å². The van der Waals surface area contributed by atoms with Crippen LogP contribution in [0.3, 0.4) is 0 Å². The van der Waals surface area contributed by atoms with Crippen LogP contribution < -0.4 is 5.73 Å². The highest BCUT2D eigenvalue weighted by Crippen LogP contribution is 2.20. The number of benzene rings is 1. The molecule has 0 saturated carbocycles. The fourth-order valence-corrected chi connectivity index (χ4v) is 3.73. The van der Waals surface area contributed by atoms with E-state index in [1.807, 2.05) is 0 Å². The minimum absolute atomic E-state index is 0.0687. The van der Waals surface area contributed by atoms with Crippen LogP contribution in [-0.4, -0.2) is 31.9 Å². The minimum Gasteiger partial charge on any atom is -0.326 e. The molecule has 0 aromatic heterocycles. The lowest BCUT2D eigenvalue weighted by Gasteiger charge is -2.16. The van der Waals surface area contributed by atoms with Gasteiger partial charge in [0.05, 0.1) is 10.8 Å². The number of nitrogens with two attached hydrogens (primary N) is 1. The highest BCUT2D eigenvalue weighted by atomic mass is 35.5. The van der Waals surface area contributed by atoms with Crippen LogP contribution in [0.25, 0.3) is 0 Å². The van der Waals surface area contributed by atoms with Gasteiger partial charge in [-0.25, -0.2) is 17.1 Å². The van der Waals surface area contributed by atoms with Crippen LogP contribution in [-0.2, 0) is 15.8 Å². The van der Waals surface area contributed by atoms with Crippen molar-refractivity contribution in [3.05, 3.63) is 34.6 Å². The predicted octanol–water partition coefficient (Wildman–Crippen LogP) is 1.34. The molecule has 18 heavy (non-hydrogen) atoms. The molecule has 0 aliphatic carbocycles. The van der Waals surface area contributed by atoms with E-state index in [-0.39, 0.29) is 16.8 Å². The molecule has 0 radical (unpaired) electrons. The third-order valence-electron chi connectivity index (χ3n) is 2.91. The zero-order valence-electron chi connectivity index (χ0n) is 9.64. The van der Waals surface area contributed by atoms with Crippen LogP contribution in [0.4, 0.5) is 4.39 Å². The van der Waals surface area contributed by atoms with Gasteiger partial charge in [-0.2, -0.15) is 0 Å². The molecule has 2 rings (SSSR count). The molecule has 0 amide bonds. The molecule has 1 saturated heterocycles. The lowest BCUT2D eigenvalue weighted by atomic mass is 10.2. The largest absolute Gasteiger partial charge is 0.326 e. The first kappa shape index (κ1) is 13.7. The van der Waals surface area contributed by atoms with Crippen LogP contribution in [0.5, 0.6) is 0 Å². The maximum atomic E-state index is 13.0. The first-order valence-corrected chi connectivity index (χ1v) is 7.54. The van der Waals surface area contributed by atoms with E-state index >= 15 is 0 Å². The van der Waals surface area contributed by atoms with E-state index in [9.17, 15) is 12.8 Å². The van der Waals surface area contributed by atoms with Gasteiger partial charge in [0.1, 0.15) is 5.82 Å². The summed E-state index contributed by atoms with van der Waals surface area (Å²) < 4.78 is 38.5. The maximum absolute atomic E-state index is 13.0. The second-order valence-corrected chi connectivity index (χ2v) is 6.79. The van der Waals surface area contributed by atoms with Gasteiger partial charge in [0.25, 0.3) is 0 Å². The minimum atomic E-state index is -3.40. The maximum Gasteiger partial charge on any atom is 0.218 e. The highest BCUT2D eigenvalue weighted by Gasteiger charge is 2.29. The van der Waals surface area contributed by atoms with Crippen LogP contribution in [0.2, 0.25) is 5.02 Å². The number of hydrogen-bond donors (Lipinski definition) is 1. The van der Waals surface area contributed by atoms with Gasteiger partial charge in [-0.05, 0) is 24.1 Å². The SMILES string of the molecule is NC1CCN(S(=O)(=O)Cc2ccc(F)c(Cl)c2)C1. The van der Waals surface area contributed by atoms with Crippen molar-refractivity contribution in [2.75, 3.05) is 13.1 Å². The van der Waals surface area contributed by atoms with Gasteiger partial charge in [-0.15, -0.1) is 0 Å². The lowest BCUT2D eigenvalue weighted by molar-refractivity contribution is 0.471. The summed E-state index contributed by atoms with van der Waals surface area (Å²) in [6, 6.07) is 3.83. The van der Waals surface area contributed by atoms with E-state index in [1.54, 1.807) is 0 Å². The first-order chi connectivity index (χ1) is 8.38. The Morgan fingerprint density at radius 1 is 1.50 bits per heavy atom. The predicted molar refractivity (Wildman–Crippen MR) is 68.2 cm³/mol. The molecule has 7 heteroatoms. The molecule has 100 valence electrons. The molecule has 4 nitrogen and oxygen atoms in total. The topological polar surface area (TPSA) is 63.4 Å². The fraction of sp³-hybridized carbons (Fsp3) is 0.455. The van der Waals surface area contributed by atoms with E-state index in [1.165, 1.54) is 22.5 Å². The van der Waals surface area contributed by atoms with Crippen LogP contribution >= 0.6 is 11.6 Å². The zero-order valence-corrected chi connectivity index (χ0v) is 11.2. The summed E-state index contributed by atoms with van der Waals surface area (Å²) in [6.45, 7) is 0.787. The van der Waals surface area contributed by atoms with Gasteiger partial charge in [-0.3, -0.25) is 0 Å². The lowest BCUT2D eigenvalue weighted by Crippen LogP contribution is -2.32. The second kappa shape index (κ2) is 5.13. The van der Waals surface area contributed by atoms with E-state index in [0.717, 1.165) is 0 Å². The van der Waals surface area contributed by atoms with Gasteiger partial charge >= 0.3 is 0 Å². The summed E-state index contributed by atoms with van der Waals surface area (Å²) in [4.78, 5) is 0. The Hall–Kier alpha value is -0.690. The fourth-order valence-electron chi connectivity index (χ4n) is 1.94. The van der Waals surface area contributed by atoms with Crippen molar-refractivity contribution >= 4 is 21.6 Å².